The molecule has 0 unspecified atom stereocenters. The van der Waals surface area contributed by atoms with E-state index in [1.165, 1.54) is 0 Å². The summed E-state index contributed by atoms with van der Waals surface area (Å²) in [6.07, 6.45) is 12.3. The molecule has 4 heterocycles. The number of aromatic nitrogens is 8. The third-order valence-electron chi connectivity index (χ3n) is 4.78. The molecule has 0 saturated carbocycles. The van der Waals surface area contributed by atoms with Crippen molar-refractivity contribution in [3.63, 3.8) is 0 Å². The number of nitrogens with zero attached hydrogens (tertiary/aromatic N) is 6. The van der Waals surface area contributed by atoms with E-state index in [0.717, 1.165) is 22.4 Å². The Kier molecular flexibility index (Phi) is 3.21. The monoisotopic (exact) mass is 342 g/mol. The summed E-state index contributed by atoms with van der Waals surface area (Å²) in [5.41, 5.74) is 4.53. The molecule has 0 saturated heterocycles. The van der Waals surface area contributed by atoms with Gasteiger partial charge in [-0.2, -0.15) is 10.3 Å². The van der Waals surface area contributed by atoms with E-state index in [2.05, 4.69) is 65.1 Å². The Morgan fingerprint density at radius 1 is 0.962 bits per heavy atom. The lowest BCUT2D eigenvalue weighted by molar-refractivity contribution is 0.615. The van der Waals surface area contributed by atoms with E-state index in [-0.39, 0.29) is 5.41 Å². The standard InChI is InChI=1S/C18H14N8/c1-3-12(10-19-7-1)18(13-4-2-8-20-11-13)6-5-14-15(9-18)21-22-16(14)17-23-25-26-24-17/h1-8,10-11H,9H2,(H,21,22)(H,23,24,25,26). The molecule has 8 nitrogen and oxygen atoms in total. The minimum absolute atomic E-state index is 0.365. The lowest BCUT2D eigenvalue weighted by Gasteiger charge is -2.33. The van der Waals surface area contributed by atoms with Gasteiger partial charge in [0.1, 0.15) is 5.69 Å². The number of nitrogens with one attached hydrogen (secondary N) is 2. The van der Waals surface area contributed by atoms with Crippen molar-refractivity contribution in [3.8, 4) is 11.5 Å². The molecule has 0 aliphatic heterocycles. The van der Waals surface area contributed by atoms with Crippen LogP contribution in [0.1, 0.15) is 22.4 Å². The molecule has 0 radical (unpaired) electrons. The molecular formula is C18H14N8. The fraction of sp³-hybridized carbons (Fsp3) is 0.111. The van der Waals surface area contributed by atoms with E-state index >= 15 is 0 Å². The van der Waals surface area contributed by atoms with Gasteiger partial charge in [-0.3, -0.25) is 15.1 Å². The van der Waals surface area contributed by atoms with Crippen LogP contribution in [-0.4, -0.2) is 40.8 Å². The van der Waals surface area contributed by atoms with Crippen LogP contribution in [0.5, 0.6) is 0 Å². The molecule has 0 fully saturated rings. The maximum Gasteiger partial charge on any atom is 0.225 e. The molecule has 2 N–H and O–H groups in total. The zero-order chi connectivity index (χ0) is 17.4. The van der Waals surface area contributed by atoms with Crippen LogP contribution in [0.2, 0.25) is 0 Å². The van der Waals surface area contributed by atoms with Gasteiger partial charge in [0, 0.05) is 47.9 Å². The van der Waals surface area contributed by atoms with E-state index in [1.54, 1.807) is 12.4 Å². The zero-order valence-corrected chi connectivity index (χ0v) is 13.7. The van der Waals surface area contributed by atoms with Gasteiger partial charge < -0.3 is 0 Å². The van der Waals surface area contributed by atoms with Crippen LogP contribution in [0.4, 0.5) is 0 Å². The molecule has 1 aliphatic carbocycles. The molecule has 126 valence electrons. The predicted molar refractivity (Wildman–Crippen MR) is 93.8 cm³/mol. The third-order valence-corrected chi connectivity index (χ3v) is 4.78. The molecule has 4 aromatic heterocycles. The SMILES string of the molecule is C1=CC(c2cccnc2)(c2cccnc2)Cc2[nH]nc(-c3nn[nH]n3)c21. The topological polar surface area (TPSA) is 109 Å². The Balaban J connectivity index is 1.67. The van der Waals surface area contributed by atoms with Crippen molar-refractivity contribution < 1.29 is 0 Å². The van der Waals surface area contributed by atoms with Crippen LogP contribution in [0.3, 0.4) is 0 Å². The van der Waals surface area contributed by atoms with Crippen molar-refractivity contribution in [3.05, 3.63) is 77.5 Å². The fourth-order valence-corrected chi connectivity index (χ4v) is 3.51. The van der Waals surface area contributed by atoms with Crippen molar-refractivity contribution in [2.24, 2.45) is 0 Å². The zero-order valence-electron chi connectivity index (χ0n) is 13.7. The van der Waals surface area contributed by atoms with Gasteiger partial charge in [-0.1, -0.05) is 24.3 Å². The first kappa shape index (κ1) is 14.6. The first-order chi connectivity index (χ1) is 12.9. The number of tetrazole rings is 1. The second kappa shape index (κ2) is 5.69. The Bertz CT molecular complexity index is 1010. The predicted octanol–water partition coefficient (Wildman–Crippen LogP) is 1.94. The molecule has 0 spiro atoms. The van der Waals surface area contributed by atoms with Gasteiger partial charge >= 0.3 is 0 Å². The summed E-state index contributed by atoms with van der Waals surface area (Å²) in [5, 5.41) is 21.7. The Morgan fingerprint density at radius 2 is 1.73 bits per heavy atom. The van der Waals surface area contributed by atoms with Gasteiger partial charge in [0.25, 0.3) is 0 Å². The Labute approximate surface area is 148 Å². The van der Waals surface area contributed by atoms with E-state index < -0.39 is 0 Å². The number of allylic oxidation sites excluding steroid dienone is 1. The van der Waals surface area contributed by atoms with Gasteiger partial charge in [0.15, 0.2) is 0 Å². The number of aromatic amines is 2. The number of rotatable bonds is 3. The number of hydrogen-bond donors (Lipinski definition) is 2. The van der Waals surface area contributed by atoms with Crippen molar-refractivity contribution >= 4 is 6.08 Å². The third kappa shape index (κ3) is 2.16. The summed E-state index contributed by atoms with van der Waals surface area (Å²) >= 11 is 0. The molecule has 1 aliphatic rings. The van der Waals surface area contributed by atoms with Crippen LogP contribution < -0.4 is 0 Å². The van der Waals surface area contributed by atoms with Crippen molar-refractivity contribution in [2.75, 3.05) is 0 Å². The summed E-state index contributed by atoms with van der Waals surface area (Å²) in [5.74, 6) is 0.474. The van der Waals surface area contributed by atoms with Crippen molar-refractivity contribution in [2.45, 2.75) is 11.8 Å². The van der Waals surface area contributed by atoms with Crippen LogP contribution in [-0.2, 0) is 11.8 Å². The molecule has 0 bridgehead atoms. The number of H-pyrrole nitrogens is 2. The molecule has 0 amide bonds. The van der Waals surface area contributed by atoms with Gasteiger partial charge in [-0.25, -0.2) is 0 Å². The highest BCUT2D eigenvalue weighted by molar-refractivity contribution is 5.73. The highest BCUT2D eigenvalue weighted by Crippen LogP contribution is 2.42. The van der Waals surface area contributed by atoms with E-state index in [1.807, 2.05) is 24.5 Å². The Morgan fingerprint density at radius 3 is 2.35 bits per heavy atom. The second-order valence-corrected chi connectivity index (χ2v) is 6.16. The van der Waals surface area contributed by atoms with Gasteiger partial charge in [0.05, 0.1) is 0 Å². The van der Waals surface area contributed by atoms with Crippen LogP contribution in [0.15, 0.2) is 55.1 Å². The maximum atomic E-state index is 4.40. The second-order valence-electron chi connectivity index (χ2n) is 6.16. The average Bonchev–Trinajstić information content (AvgIpc) is 3.38. The van der Waals surface area contributed by atoms with Crippen molar-refractivity contribution in [1.29, 1.82) is 0 Å². The van der Waals surface area contributed by atoms with E-state index in [9.17, 15) is 0 Å². The normalized spacial score (nSPS) is 14.9. The molecule has 0 atom stereocenters. The maximum absolute atomic E-state index is 4.40. The number of hydrogen-bond acceptors (Lipinski definition) is 6. The van der Waals surface area contributed by atoms with Gasteiger partial charge in [0.2, 0.25) is 5.82 Å². The molecule has 5 rings (SSSR count). The molecule has 4 aromatic rings. The summed E-state index contributed by atoms with van der Waals surface area (Å²) in [6.45, 7) is 0. The van der Waals surface area contributed by atoms with Crippen LogP contribution in [0, 0.1) is 0 Å². The summed E-state index contributed by atoms with van der Waals surface area (Å²) in [6, 6.07) is 8.08. The van der Waals surface area contributed by atoms with E-state index in [0.29, 0.717) is 17.9 Å². The quantitative estimate of drug-likeness (QED) is 0.589. The fourth-order valence-electron chi connectivity index (χ4n) is 3.51. The molecule has 26 heavy (non-hydrogen) atoms. The van der Waals surface area contributed by atoms with Crippen LogP contribution >= 0.6 is 0 Å². The molecule has 8 heteroatoms. The van der Waals surface area contributed by atoms with Gasteiger partial charge in [-0.05, 0) is 28.5 Å². The molecule has 0 aromatic carbocycles. The number of pyridine rings is 2. The number of fused-ring (bicyclic) bond motifs is 1. The minimum atomic E-state index is -0.365. The highest BCUT2D eigenvalue weighted by Gasteiger charge is 2.37. The van der Waals surface area contributed by atoms with Crippen LogP contribution in [0.25, 0.3) is 17.6 Å². The molecular weight excluding hydrogens is 328 g/mol. The Hall–Kier alpha value is -3.68. The van der Waals surface area contributed by atoms with Gasteiger partial charge in [-0.15, -0.1) is 10.2 Å². The first-order valence-electron chi connectivity index (χ1n) is 8.18. The minimum Gasteiger partial charge on any atom is -0.281 e. The highest BCUT2D eigenvalue weighted by atomic mass is 15.5. The van der Waals surface area contributed by atoms with Crippen molar-refractivity contribution in [1.82, 2.24) is 40.8 Å². The smallest absolute Gasteiger partial charge is 0.225 e. The summed E-state index contributed by atoms with van der Waals surface area (Å²) in [7, 11) is 0. The lowest BCUT2D eigenvalue weighted by Crippen LogP contribution is -2.30. The summed E-state index contributed by atoms with van der Waals surface area (Å²) < 4.78 is 0. The first-order valence-corrected chi connectivity index (χ1v) is 8.18. The lowest BCUT2D eigenvalue weighted by atomic mass is 9.69. The summed E-state index contributed by atoms with van der Waals surface area (Å²) in [4.78, 5) is 8.64. The van der Waals surface area contributed by atoms with E-state index in [4.69, 9.17) is 0 Å². The largest absolute Gasteiger partial charge is 0.281 e. The average molecular weight is 342 g/mol.